The Labute approximate surface area is 71.4 Å². The van der Waals surface area contributed by atoms with Crippen molar-refractivity contribution in [3.63, 3.8) is 0 Å². The van der Waals surface area contributed by atoms with E-state index in [-0.39, 0.29) is 11.4 Å². The molecule has 0 radical (unpaired) electrons. The molecular weight excluding hydrogens is 153 g/mol. The maximum Gasteiger partial charge on any atom is 0.123 e. The van der Waals surface area contributed by atoms with Crippen LogP contribution in [0, 0.1) is 5.82 Å². The second kappa shape index (κ2) is 2.30. The minimum atomic E-state index is -0.182. The van der Waals surface area contributed by atoms with Crippen LogP contribution < -0.4 is 5.73 Å². The summed E-state index contributed by atoms with van der Waals surface area (Å²) in [6.45, 7) is 2.03. The average Bonchev–Trinajstić information content (AvgIpc) is 2.61. The molecule has 2 N–H and O–H groups in total. The van der Waals surface area contributed by atoms with E-state index in [0.717, 1.165) is 12.0 Å². The van der Waals surface area contributed by atoms with E-state index in [1.165, 1.54) is 12.1 Å². The fourth-order valence-corrected chi connectivity index (χ4v) is 1.57. The molecule has 0 bridgehead atoms. The van der Waals surface area contributed by atoms with Crippen molar-refractivity contribution in [1.29, 1.82) is 0 Å². The number of hydrogen-bond donors (Lipinski definition) is 1. The van der Waals surface area contributed by atoms with Crippen LogP contribution in [0.4, 0.5) is 4.39 Å². The van der Waals surface area contributed by atoms with Gasteiger partial charge in [-0.1, -0.05) is 12.1 Å². The third-order valence-corrected chi connectivity index (χ3v) is 2.55. The molecule has 1 aromatic carbocycles. The van der Waals surface area contributed by atoms with Crippen molar-refractivity contribution in [2.75, 3.05) is 0 Å². The smallest absolute Gasteiger partial charge is 0.123 e. The van der Waals surface area contributed by atoms with E-state index in [2.05, 4.69) is 0 Å². The fourth-order valence-electron chi connectivity index (χ4n) is 1.57. The van der Waals surface area contributed by atoms with Crippen molar-refractivity contribution in [2.45, 2.75) is 24.8 Å². The van der Waals surface area contributed by atoms with Crippen LogP contribution in [0.15, 0.2) is 24.3 Å². The largest absolute Gasteiger partial charge is 0.325 e. The number of nitrogens with two attached hydrogens (primary N) is 1. The molecule has 2 rings (SSSR count). The maximum atomic E-state index is 12.5. The molecule has 2 heteroatoms. The predicted molar refractivity (Wildman–Crippen MR) is 46.4 cm³/mol. The Morgan fingerprint density at radius 3 is 2.33 bits per heavy atom. The van der Waals surface area contributed by atoms with Crippen LogP contribution in [0.2, 0.25) is 0 Å². The van der Waals surface area contributed by atoms with E-state index in [1.807, 2.05) is 19.1 Å². The molecule has 0 aromatic heterocycles. The van der Waals surface area contributed by atoms with E-state index in [4.69, 9.17) is 5.73 Å². The summed E-state index contributed by atoms with van der Waals surface area (Å²) in [7, 11) is 0. The van der Waals surface area contributed by atoms with E-state index in [9.17, 15) is 4.39 Å². The van der Waals surface area contributed by atoms with Crippen molar-refractivity contribution in [3.05, 3.63) is 35.6 Å². The van der Waals surface area contributed by atoms with E-state index in [1.54, 1.807) is 0 Å². The van der Waals surface area contributed by atoms with Crippen LogP contribution in [0.25, 0.3) is 0 Å². The molecule has 0 heterocycles. The molecule has 2 unspecified atom stereocenters. The molecule has 1 fully saturated rings. The number of hydrogen-bond acceptors (Lipinski definition) is 1. The van der Waals surface area contributed by atoms with Crippen LogP contribution in [0.5, 0.6) is 0 Å². The number of benzene rings is 1. The lowest BCUT2D eigenvalue weighted by Crippen LogP contribution is -2.18. The summed E-state index contributed by atoms with van der Waals surface area (Å²) in [4.78, 5) is 0. The molecule has 1 saturated carbocycles. The van der Waals surface area contributed by atoms with Gasteiger partial charge in [-0.2, -0.15) is 0 Å². The maximum absolute atomic E-state index is 12.5. The first-order valence-electron chi connectivity index (χ1n) is 4.14. The van der Waals surface area contributed by atoms with Crippen molar-refractivity contribution in [3.8, 4) is 0 Å². The lowest BCUT2D eigenvalue weighted by Gasteiger charge is -2.02. The van der Waals surface area contributed by atoms with Crippen LogP contribution in [0.1, 0.15) is 24.8 Å². The monoisotopic (exact) mass is 165 g/mol. The van der Waals surface area contributed by atoms with Crippen LogP contribution in [0.3, 0.4) is 0 Å². The highest BCUT2D eigenvalue weighted by Gasteiger charge is 2.47. The van der Waals surface area contributed by atoms with Gasteiger partial charge in [0.1, 0.15) is 5.82 Å². The lowest BCUT2D eigenvalue weighted by atomic mass is 10.1. The summed E-state index contributed by atoms with van der Waals surface area (Å²) >= 11 is 0. The first-order chi connectivity index (χ1) is 5.59. The predicted octanol–water partition coefficient (Wildman–Crippen LogP) is 2.03. The van der Waals surface area contributed by atoms with E-state index >= 15 is 0 Å². The number of halogens is 1. The molecule has 1 aliphatic rings. The van der Waals surface area contributed by atoms with Crippen molar-refractivity contribution in [2.24, 2.45) is 5.73 Å². The quantitative estimate of drug-likeness (QED) is 0.677. The molecule has 0 amide bonds. The molecule has 0 spiro atoms. The zero-order valence-electron chi connectivity index (χ0n) is 7.05. The van der Waals surface area contributed by atoms with Crippen LogP contribution >= 0.6 is 0 Å². The van der Waals surface area contributed by atoms with Crippen LogP contribution in [-0.2, 0) is 0 Å². The molecule has 0 aliphatic heterocycles. The molecule has 1 aromatic rings. The molecule has 2 atom stereocenters. The van der Waals surface area contributed by atoms with Crippen molar-refractivity contribution in [1.82, 2.24) is 0 Å². The zero-order valence-corrected chi connectivity index (χ0v) is 7.05. The van der Waals surface area contributed by atoms with Gasteiger partial charge in [-0.3, -0.25) is 0 Å². The van der Waals surface area contributed by atoms with Gasteiger partial charge in [0, 0.05) is 11.5 Å². The summed E-state index contributed by atoms with van der Waals surface area (Å²) in [6.07, 6.45) is 1.01. The topological polar surface area (TPSA) is 26.0 Å². The Hall–Kier alpha value is -0.890. The highest BCUT2D eigenvalue weighted by atomic mass is 19.1. The van der Waals surface area contributed by atoms with Gasteiger partial charge in [-0.15, -0.1) is 0 Å². The highest BCUT2D eigenvalue weighted by molar-refractivity contribution is 5.31. The minimum Gasteiger partial charge on any atom is -0.325 e. The first kappa shape index (κ1) is 7.74. The van der Waals surface area contributed by atoms with Gasteiger partial charge in [-0.05, 0) is 31.0 Å². The lowest BCUT2D eigenvalue weighted by molar-refractivity contribution is 0.626. The van der Waals surface area contributed by atoms with Crippen LogP contribution in [-0.4, -0.2) is 5.54 Å². The normalized spacial score (nSPS) is 33.4. The second-order valence-corrected chi connectivity index (χ2v) is 3.81. The molecule has 1 nitrogen and oxygen atoms in total. The molecule has 12 heavy (non-hydrogen) atoms. The fraction of sp³-hybridized carbons (Fsp3) is 0.400. The van der Waals surface area contributed by atoms with Gasteiger partial charge >= 0.3 is 0 Å². The zero-order chi connectivity index (χ0) is 8.77. The second-order valence-electron chi connectivity index (χ2n) is 3.81. The Balaban J connectivity index is 2.21. The first-order valence-corrected chi connectivity index (χ1v) is 4.14. The van der Waals surface area contributed by atoms with E-state index in [0.29, 0.717) is 5.92 Å². The molecule has 64 valence electrons. The third-order valence-electron chi connectivity index (χ3n) is 2.55. The molecular formula is C10H12FN. The SMILES string of the molecule is CC1(N)CC1c1ccc(F)cc1. The summed E-state index contributed by atoms with van der Waals surface area (Å²) in [5, 5.41) is 0. The molecule has 0 saturated heterocycles. The highest BCUT2D eigenvalue weighted by Crippen LogP contribution is 2.48. The Kier molecular flexibility index (Phi) is 1.48. The van der Waals surface area contributed by atoms with Gasteiger partial charge in [0.2, 0.25) is 0 Å². The van der Waals surface area contributed by atoms with Gasteiger partial charge in [0.15, 0.2) is 0 Å². The van der Waals surface area contributed by atoms with Crippen molar-refractivity contribution >= 4 is 0 Å². The summed E-state index contributed by atoms with van der Waals surface area (Å²) in [5.41, 5.74) is 6.98. The van der Waals surface area contributed by atoms with Gasteiger partial charge < -0.3 is 5.73 Å². The Morgan fingerprint density at radius 1 is 1.42 bits per heavy atom. The minimum absolute atomic E-state index is 0.0577. The Bertz CT molecular complexity index is 289. The van der Waals surface area contributed by atoms with E-state index < -0.39 is 0 Å². The van der Waals surface area contributed by atoms with Gasteiger partial charge in [-0.25, -0.2) is 4.39 Å². The Morgan fingerprint density at radius 2 is 1.92 bits per heavy atom. The van der Waals surface area contributed by atoms with Crippen molar-refractivity contribution < 1.29 is 4.39 Å². The third kappa shape index (κ3) is 1.23. The summed E-state index contributed by atoms with van der Waals surface area (Å²) < 4.78 is 12.5. The molecule has 1 aliphatic carbocycles. The summed E-state index contributed by atoms with van der Waals surface area (Å²) in [6, 6.07) is 6.61. The number of rotatable bonds is 1. The standard InChI is InChI=1S/C10H12FN/c1-10(12)6-9(10)7-2-4-8(11)5-3-7/h2-5,9H,6,12H2,1H3. The summed E-state index contributed by atoms with van der Waals surface area (Å²) in [5.74, 6) is 0.247. The van der Waals surface area contributed by atoms with Gasteiger partial charge in [0.25, 0.3) is 0 Å². The average molecular weight is 165 g/mol. The van der Waals surface area contributed by atoms with Gasteiger partial charge in [0.05, 0.1) is 0 Å².